The molecule has 5 heteroatoms. The van der Waals surface area contributed by atoms with Gasteiger partial charge in [-0.25, -0.2) is 0 Å². The van der Waals surface area contributed by atoms with Crippen molar-refractivity contribution in [3.63, 3.8) is 0 Å². The summed E-state index contributed by atoms with van der Waals surface area (Å²) in [5.74, 6) is 0.973. The van der Waals surface area contributed by atoms with Crippen LogP contribution in [0, 0.1) is 6.92 Å². The Morgan fingerprint density at radius 1 is 1.26 bits per heavy atom. The Bertz CT molecular complexity index is 480. The molecule has 0 unspecified atom stereocenters. The summed E-state index contributed by atoms with van der Waals surface area (Å²) in [6.07, 6.45) is 0. The molecule has 0 aromatic heterocycles. The number of guanidine groups is 1. The molecule has 1 N–H and O–H groups in total. The van der Waals surface area contributed by atoms with Crippen molar-refractivity contribution >= 4 is 5.96 Å². The third-order valence-electron chi connectivity index (χ3n) is 4.02. The molecular formula is C18H30N4O. The number of hydrogen-bond donors (Lipinski definition) is 1. The Hall–Kier alpha value is -1.59. The van der Waals surface area contributed by atoms with Crippen LogP contribution in [0.5, 0.6) is 0 Å². The summed E-state index contributed by atoms with van der Waals surface area (Å²) in [6.45, 7) is 11.5. The van der Waals surface area contributed by atoms with E-state index in [0.717, 1.165) is 58.4 Å². The van der Waals surface area contributed by atoms with Gasteiger partial charge in [0.05, 0.1) is 19.8 Å². The number of aliphatic imine (C=N–C) groups is 1. The molecule has 23 heavy (non-hydrogen) atoms. The topological polar surface area (TPSA) is 40.1 Å². The first-order valence-electron chi connectivity index (χ1n) is 8.54. The highest BCUT2D eigenvalue weighted by atomic mass is 16.5. The molecule has 0 amide bonds. The molecule has 1 aliphatic heterocycles. The van der Waals surface area contributed by atoms with E-state index in [1.165, 1.54) is 11.1 Å². The summed E-state index contributed by atoms with van der Waals surface area (Å²) < 4.78 is 5.38. The number of morpholine rings is 1. The molecule has 0 bridgehead atoms. The third kappa shape index (κ3) is 6.20. The molecule has 0 spiro atoms. The maximum Gasteiger partial charge on any atom is 0.194 e. The van der Waals surface area contributed by atoms with Gasteiger partial charge in [0.25, 0.3) is 0 Å². The van der Waals surface area contributed by atoms with Crippen LogP contribution < -0.4 is 5.32 Å². The fraction of sp³-hybridized carbons (Fsp3) is 0.611. The minimum atomic E-state index is 0.820. The monoisotopic (exact) mass is 318 g/mol. The third-order valence-corrected chi connectivity index (χ3v) is 4.02. The van der Waals surface area contributed by atoms with Gasteiger partial charge in [0.2, 0.25) is 0 Å². The van der Waals surface area contributed by atoms with Crippen LogP contribution in [0.1, 0.15) is 18.1 Å². The van der Waals surface area contributed by atoms with Crippen molar-refractivity contribution in [2.75, 3.05) is 53.0 Å². The number of nitrogens with zero attached hydrogens (tertiary/aromatic N) is 3. The number of nitrogens with one attached hydrogen (secondary N) is 1. The fourth-order valence-corrected chi connectivity index (χ4v) is 2.63. The molecule has 1 fully saturated rings. The lowest BCUT2D eigenvalue weighted by atomic mass is 10.1. The van der Waals surface area contributed by atoms with Gasteiger partial charge < -0.3 is 15.0 Å². The molecule has 0 atom stereocenters. The van der Waals surface area contributed by atoms with Crippen molar-refractivity contribution < 1.29 is 4.74 Å². The lowest BCUT2D eigenvalue weighted by Gasteiger charge is -2.26. The van der Waals surface area contributed by atoms with E-state index in [2.05, 4.69) is 60.3 Å². The van der Waals surface area contributed by atoms with Crippen LogP contribution in [0.2, 0.25) is 0 Å². The molecule has 1 heterocycles. The second-order valence-electron chi connectivity index (χ2n) is 6.03. The molecule has 1 aliphatic rings. The van der Waals surface area contributed by atoms with Gasteiger partial charge in [0.1, 0.15) is 0 Å². The first-order valence-corrected chi connectivity index (χ1v) is 8.54. The van der Waals surface area contributed by atoms with Gasteiger partial charge in [-0.05, 0) is 19.4 Å². The zero-order chi connectivity index (χ0) is 16.5. The molecule has 1 saturated heterocycles. The first kappa shape index (κ1) is 17.8. The Labute approximate surface area is 140 Å². The van der Waals surface area contributed by atoms with Gasteiger partial charge in [-0.15, -0.1) is 0 Å². The quantitative estimate of drug-likeness (QED) is 0.640. The van der Waals surface area contributed by atoms with E-state index >= 15 is 0 Å². The van der Waals surface area contributed by atoms with Crippen LogP contribution in [0.25, 0.3) is 0 Å². The summed E-state index contributed by atoms with van der Waals surface area (Å²) in [6, 6.07) is 8.68. The second kappa shape index (κ2) is 9.53. The summed E-state index contributed by atoms with van der Waals surface area (Å²) in [7, 11) is 2.09. The zero-order valence-electron chi connectivity index (χ0n) is 14.7. The highest BCUT2D eigenvalue weighted by molar-refractivity contribution is 5.79. The Morgan fingerprint density at radius 2 is 1.96 bits per heavy atom. The number of benzene rings is 1. The van der Waals surface area contributed by atoms with Crippen molar-refractivity contribution in [3.05, 3.63) is 35.4 Å². The molecule has 0 radical (unpaired) electrons. The average Bonchev–Trinajstić information content (AvgIpc) is 2.57. The van der Waals surface area contributed by atoms with Gasteiger partial charge >= 0.3 is 0 Å². The molecule has 0 aliphatic carbocycles. The largest absolute Gasteiger partial charge is 0.379 e. The Morgan fingerprint density at radius 3 is 2.61 bits per heavy atom. The highest BCUT2D eigenvalue weighted by Crippen LogP contribution is 2.06. The van der Waals surface area contributed by atoms with E-state index in [1.54, 1.807) is 0 Å². The number of ether oxygens (including phenoxy) is 1. The maximum atomic E-state index is 5.38. The van der Waals surface area contributed by atoms with Gasteiger partial charge in [-0.2, -0.15) is 0 Å². The molecule has 1 aromatic carbocycles. The zero-order valence-corrected chi connectivity index (χ0v) is 14.7. The number of rotatable bonds is 6. The van der Waals surface area contributed by atoms with Crippen LogP contribution >= 0.6 is 0 Å². The van der Waals surface area contributed by atoms with Crippen molar-refractivity contribution in [3.8, 4) is 0 Å². The summed E-state index contributed by atoms with van der Waals surface area (Å²) in [5, 5.41) is 3.38. The SMILES string of the molecule is CCNC(=NCCN1CCOCC1)N(C)Cc1ccc(C)cc1. The van der Waals surface area contributed by atoms with Crippen LogP contribution in [0.3, 0.4) is 0 Å². The van der Waals surface area contributed by atoms with Crippen molar-refractivity contribution in [1.82, 2.24) is 15.1 Å². The van der Waals surface area contributed by atoms with Crippen molar-refractivity contribution in [2.45, 2.75) is 20.4 Å². The molecular weight excluding hydrogens is 288 g/mol. The van der Waals surface area contributed by atoms with E-state index in [9.17, 15) is 0 Å². The van der Waals surface area contributed by atoms with Gasteiger partial charge in [0, 0.05) is 39.8 Å². The predicted octanol–water partition coefficient (Wildman–Crippen LogP) is 1.72. The fourth-order valence-electron chi connectivity index (χ4n) is 2.63. The summed E-state index contributed by atoms with van der Waals surface area (Å²) in [5.41, 5.74) is 2.60. The lowest BCUT2D eigenvalue weighted by molar-refractivity contribution is 0.0394. The van der Waals surface area contributed by atoms with Crippen LogP contribution in [0.15, 0.2) is 29.3 Å². The van der Waals surface area contributed by atoms with E-state index in [-0.39, 0.29) is 0 Å². The van der Waals surface area contributed by atoms with Crippen molar-refractivity contribution in [2.24, 2.45) is 4.99 Å². The molecule has 0 saturated carbocycles. The highest BCUT2D eigenvalue weighted by Gasteiger charge is 2.10. The number of aryl methyl sites for hydroxylation is 1. The molecule has 1 aromatic rings. The van der Waals surface area contributed by atoms with E-state index in [1.807, 2.05) is 0 Å². The molecule has 5 nitrogen and oxygen atoms in total. The standard InChI is InChI=1S/C18H30N4O/c1-4-19-18(20-9-10-22-11-13-23-14-12-22)21(3)15-17-7-5-16(2)6-8-17/h5-8H,4,9-15H2,1-3H3,(H,19,20). The maximum absolute atomic E-state index is 5.38. The molecule has 128 valence electrons. The van der Waals surface area contributed by atoms with Crippen LogP contribution in [-0.4, -0.2) is 68.7 Å². The Balaban J connectivity index is 1.87. The normalized spacial score (nSPS) is 16.4. The van der Waals surface area contributed by atoms with Crippen molar-refractivity contribution in [1.29, 1.82) is 0 Å². The van der Waals surface area contributed by atoms with Crippen LogP contribution in [-0.2, 0) is 11.3 Å². The van der Waals surface area contributed by atoms with Crippen LogP contribution in [0.4, 0.5) is 0 Å². The number of hydrogen-bond acceptors (Lipinski definition) is 3. The van der Waals surface area contributed by atoms with E-state index < -0.39 is 0 Å². The van der Waals surface area contributed by atoms with E-state index in [0.29, 0.717) is 0 Å². The minimum absolute atomic E-state index is 0.820. The second-order valence-corrected chi connectivity index (χ2v) is 6.03. The smallest absolute Gasteiger partial charge is 0.194 e. The minimum Gasteiger partial charge on any atom is -0.379 e. The molecule has 2 rings (SSSR count). The summed E-state index contributed by atoms with van der Waals surface area (Å²) >= 11 is 0. The van der Waals surface area contributed by atoms with Gasteiger partial charge in [-0.3, -0.25) is 9.89 Å². The average molecular weight is 318 g/mol. The lowest BCUT2D eigenvalue weighted by Crippen LogP contribution is -2.40. The Kier molecular flexibility index (Phi) is 7.36. The first-order chi connectivity index (χ1) is 11.2. The van der Waals surface area contributed by atoms with Gasteiger partial charge in [-0.1, -0.05) is 29.8 Å². The predicted molar refractivity (Wildman–Crippen MR) is 95.9 cm³/mol. The summed E-state index contributed by atoms with van der Waals surface area (Å²) in [4.78, 5) is 9.37. The van der Waals surface area contributed by atoms with E-state index in [4.69, 9.17) is 9.73 Å². The van der Waals surface area contributed by atoms with Gasteiger partial charge in [0.15, 0.2) is 5.96 Å².